The zero-order chi connectivity index (χ0) is 9.14. The normalized spacial score (nSPS) is 12.5. The summed E-state index contributed by atoms with van der Waals surface area (Å²) in [6.45, 7) is 3.59. The summed E-state index contributed by atoms with van der Waals surface area (Å²) in [6, 6.07) is 4.97. The molecule has 0 saturated carbocycles. The number of aromatic hydroxyl groups is 1. The van der Waals surface area contributed by atoms with Crippen LogP contribution in [0.3, 0.4) is 0 Å². The molecule has 64 valence electrons. The summed E-state index contributed by atoms with van der Waals surface area (Å²) in [7, 11) is 0. The quantitative estimate of drug-likeness (QED) is 0.763. The van der Waals surface area contributed by atoms with Crippen molar-refractivity contribution in [3.05, 3.63) is 40.9 Å². The summed E-state index contributed by atoms with van der Waals surface area (Å²) < 4.78 is 0.650. The van der Waals surface area contributed by atoms with Crippen molar-refractivity contribution in [2.45, 2.75) is 6.04 Å². The van der Waals surface area contributed by atoms with Gasteiger partial charge in [0, 0.05) is 6.04 Å². The molecule has 0 aliphatic heterocycles. The van der Waals surface area contributed by atoms with E-state index in [0.29, 0.717) is 4.47 Å². The van der Waals surface area contributed by atoms with Gasteiger partial charge in [0.05, 0.1) is 4.47 Å². The van der Waals surface area contributed by atoms with Gasteiger partial charge in [0.15, 0.2) is 0 Å². The van der Waals surface area contributed by atoms with Crippen molar-refractivity contribution in [1.82, 2.24) is 0 Å². The van der Waals surface area contributed by atoms with Crippen LogP contribution in [0.2, 0.25) is 0 Å². The van der Waals surface area contributed by atoms with Crippen molar-refractivity contribution >= 4 is 15.9 Å². The Hall–Kier alpha value is -0.800. The molecule has 1 aromatic rings. The van der Waals surface area contributed by atoms with Gasteiger partial charge in [-0.2, -0.15) is 0 Å². The van der Waals surface area contributed by atoms with Crippen LogP contribution in [0.5, 0.6) is 5.75 Å². The summed E-state index contributed by atoms with van der Waals surface area (Å²) >= 11 is 3.20. The van der Waals surface area contributed by atoms with E-state index in [0.717, 1.165) is 5.56 Å². The second-order valence-corrected chi connectivity index (χ2v) is 3.33. The Morgan fingerprint density at radius 3 is 2.75 bits per heavy atom. The monoisotopic (exact) mass is 227 g/mol. The highest BCUT2D eigenvalue weighted by molar-refractivity contribution is 9.10. The van der Waals surface area contributed by atoms with Crippen LogP contribution >= 0.6 is 15.9 Å². The zero-order valence-corrected chi connectivity index (χ0v) is 8.08. The molecule has 1 atom stereocenters. The second-order valence-electron chi connectivity index (χ2n) is 2.47. The number of nitrogens with two attached hydrogens (primary N) is 1. The Morgan fingerprint density at radius 1 is 1.58 bits per heavy atom. The van der Waals surface area contributed by atoms with Crippen LogP contribution in [0.25, 0.3) is 0 Å². The van der Waals surface area contributed by atoms with Crippen molar-refractivity contribution in [3.63, 3.8) is 0 Å². The third-order valence-electron chi connectivity index (χ3n) is 1.61. The molecular formula is C9H10BrNO. The minimum atomic E-state index is -0.179. The number of halogens is 1. The first kappa shape index (κ1) is 9.29. The van der Waals surface area contributed by atoms with E-state index in [1.54, 1.807) is 24.3 Å². The Labute approximate surface area is 79.8 Å². The van der Waals surface area contributed by atoms with E-state index in [4.69, 9.17) is 5.73 Å². The Balaban J connectivity index is 3.04. The minimum Gasteiger partial charge on any atom is -0.507 e. The zero-order valence-electron chi connectivity index (χ0n) is 6.50. The maximum atomic E-state index is 9.18. The number of hydrogen-bond donors (Lipinski definition) is 2. The van der Waals surface area contributed by atoms with E-state index >= 15 is 0 Å². The van der Waals surface area contributed by atoms with E-state index < -0.39 is 0 Å². The molecular weight excluding hydrogens is 218 g/mol. The first-order chi connectivity index (χ1) is 5.65. The molecule has 0 saturated heterocycles. The molecule has 0 spiro atoms. The van der Waals surface area contributed by atoms with E-state index in [9.17, 15) is 5.11 Å². The van der Waals surface area contributed by atoms with Gasteiger partial charge in [-0.25, -0.2) is 0 Å². The fourth-order valence-electron chi connectivity index (χ4n) is 0.867. The molecule has 0 aromatic heterocycles. The fourth-order valence-corrected chi connectivity index (χ4v) is 1.26. The number of hydrogen-bond acceptors (Lipinski definition) is 2. The van der Waals surface area contributed by atoms with Crippen LogP contribution in [0, 0.1) is 0 Å². The SMILES string of the molecule is C=C[C@@H](N)c1ccc(O)c(Br)c1. The van der Waals surface area contributed by atoms with Gasteiger partial charge >= 0.3 is 0 Å². The molecule has 1 rings (SSSR count). The van der Waals surface area contributed by atoms with Crippen LogP contribution in [0.1, 0.15) is 11.6 Å². The van der Waals surface area contributed by atoms with Crippen molar-refractivity contribution in [2.24, 2.45) is 5.73 Å². The van der Waals surface area contributed by atoms with E-state index in [2.05, 4.69) is 22.5 Å². The molecule has 2 nitrogen and oxygen atoms in total. The van der Waals surface area contributed by atoms with Gasteiger partial charge < -0.3 is 10.8 Å². The predicted molar refractivity (Wildman–Crippen MR) is 52.9 cm³/mol. The van der Waals surface area contributed by atoms with Gasteiger partial charge in [-0.3, -0.25) is 0 Å². The van der Waals surface area contributed by atoms with Crippen LogP contribution in [0.15, 0.2) is 35.3 Å². The van der Waals surface area contributed by atoms with Crippen LogP contribution in [-0.2, 0) is 0 Å². The lowest BCUT2D eigenvalue weighted by Gasteiger charge is -2.07. The smallest absolute Gasteiger partial charge is 0.129 e. The maximum absolute atomic E-state index is 9.18. The minimum absolute atomic E-state index is 0.179. The molecule has 0 fully saturated rings. The first-order valence-corrected chi connectivity index (χ1v) is 4.31. The summed E-state index contributed by atoms with van der Waals surface area (Å²) in [5.74, 6) is 0.218. The first-order valence-electron chi connectivity index (χ1n) is 3.51. The molecule has 1 aromatic carbocycles. The number of phenols is 1. The summed E-state index contributed by atoms with van der Waals surface area (Å²) in [6.07, 6.45) is 1.65. The summed E-state index contributed by atoms with van der Waals surface area (Å²) in [4.78, 5) is 0. The van der Waals surface area contributed by atoms with Crippen molar-refractivity contribution in [1.29, 1.82) is 0 Å². The molecule has 0 bridgehead atoms. The van der Waals surface area contributed by atoms with E-state index in [1.165, 1.54) is 0 Å². The summed E-state index contributed by atoms with van der Waals surface area (Å²) in [5, 5.41) is 9.18. The maximum Gasteiger partial charge on any atom is 0.129 e. The average Bonchev–Trinajstić information content (AvgIpc) is 2.08. The highest BCUT2D eigenvalue weighted by atomic mass is 79.9. The number of phenolic OH excluding ortho intramolecular Hbond substituents is 1. The molecule has 0 amide bonds. The number of benzene rings is 1. The topological polar surface area (TPSA) is 46.2 Å². The molecule has 0 radical (unpaired) electrons. The third-order valence-corrected chi connectivity index (χ3v) is 2.25. The average molecular weight is 228 g/mol. The molecule has 0 unspecified atom stereocenters. The fraction of sp³-hybridized carbons (Fsp3) is 0.111. The van der Waals surface area contributed by atoms with E-state index in [1.807, 2.05) is 0 Å². The summed E-state index contributed by atoms with van der Waals surface area (Å²) in [5.41, 5.74) is 6.62. The van der Waals surface area contributed by atoms with Crippen LogP contribution < -0.4 is 5.73 Å². The van der Waals surface area contributed by atoms with E-state index in [-0.39, 0.29) is 11.8 Å². The Kier molecular flexibility index (Phi) is 2.89. The highest BCUT2D eigenvalue weighted by Crippen LogP contribution is 2.26. The number of rotatable bonds is 2. The lowest BCUT2D eigenvalue weighted by atomic mass is 10.1. The van der Waals surface area contributed by atoms with Gasteiger partial charge in [0.1, 0.15) is 5.75 Å². The van der Waals surface area contributed by atoms with Crippen molar-refractivity contribution in [2.75, 3.05) is 0 Å². The van der Waals surface area contributed by atoms with Gasteiger partial charge in [0.2, 0.25) is 0 Å². The van der Waals surface area contributed by atoms with Crippen LogP contribution in [0.4, 0.5) is 0 Å². The molecule has 12 heavy (non-hydrogen) atoms. The van der Waals surface area contributed by atoms with Gasteiger partial charge in [-0.05, 0) is 33.6 Å². The predicted octanol–water partition coefficient (Wildman–Crippen LogP) is 2.34. The van der Waals surface area contributed by atoms with Crippen molar-refractivity contribution in [3.8, 4) is 5.75 Å². The largest absolute Gasteiger partial charge is 0.507 e. The molecule has 0 heterocycles. The highest BCUT2D eigenvalue weighted by Gasteiger charge is 2.03. The molecule has 0 aliphatic rings. The van der Waals surface area contributed by atoms with Crippen LogP contribution in [-0.4, -0.2) is 5.11 Å². The molecule has 0 aliphatic carbocycles. The van der Waals surface area contributed by atoms with Crippen molar-refractivity contribution < 1.29 is 5.11 Å². The Morgan fingerprint density at radius 2 is 2.25 bits per heavy atom. The lowest BCUT2D eigenvalue weighted by Crippen LogP contribution is -2.05. The standard InChI is InChI=1S/C9H10BrNO/c1-2-8(11)6-3-4-9(12)7(10)5-6/h2-5,8,12H,1,11H2/t8-/m1/s1. The Bertz CT molecular complexity index is 299. The molecule has 3 heteroatoms. The van der Waals surface area contributed by atoms with Gasteiger partial charge in [-0.1, -0.05) is 12.1 Å². The lowest BCUT2D eigenvalue weighted by molar-refractivity contribution is 0.471. The third kappa shape index (κ3) is 1.87. The van der Waals surface area contributed by atoms with Gasteiger partial charge in [0.25, 0.3) is 0 Å². The molecule has 3 N–H and O–H groups in total. The van der Waals surface area contributed by atoms with Gasteiger partial charge in [-0.15, -0.1) is 6.58 Å². The second kappa shape index (κ2) is 3.74.